The first-order valence-electron chi connectivity index (χ1n) is 7.45. The van der Waals surface area contributed by atoms with E-state index >= 15 is 0 Å². The van der Waals surface area contributed by atoms with E-state index in [-0.39, 0.29) is 10.9 Å². The molecule has 6 heteroatoms. The normalized spacial score (nSPS) is 19.9. The van der Waals surface area contributed by atoms with Gasteiger partial charge in [-0.2, -0.15) is 4.31 Å². The van der Waals surface area contributed by atoms with Crippen molar-refractivity contribution in [1.29, 1.82) is 0 Å². The van der Waals surface area contributed by atoms with E-state index in [1.807, 2.05) is 6.92 Å². The summed E-state index contributed by atoms with van der Waals surface area (Å²) >= 11 is 0. The van der Waals surface area contributed by atoms with Crippen LogP contribution in [0.2, 0.25) is 0 Å². The van der Waals surface area contributed by atoms with Gasteiger partial charge >= 0.3 is 0 Å². The summed E-state index contributed by atoms with van der Waals surface area (Å²) in [6.45, 7) is 5.71. The van der Waals surface area contributed by atoms with E-state index < -0.39 is 15.8 Å². The van der Waals surface area contributed by atoms with Crippen LogP contribution in [0.15, 0.2) is 23.1 Å². The molecule has 0 amide bonds. The molecule has 118 valence electrons. The summed E-state index contributed by atoms with van der Waals surface area (Å²) in [4.78, 5) is 0.211. The number of rotatable bonds is 5. The number of hydrogen-bond acceptors (Lipinski definition) is 3. The van der Waals surface area contributed by atoms with Gasteiger partial charge in [-0.25, -0.2) is 12.8 Å². The quantitative estimate of drug-likeness (QED) is 0.907. The predicted molar refractivity (Wildman–Crippen MR) is 81.2 cm³/mol. The van der Waals surface area contributed by atoms with Crippen LogP contribution in [0.4, 0.5) is 4.39 Å². The third-order valence-electron chi connectivity index (χ3n) is 3.85. The lowest BCUT2D eigenvalue weighted by Crippen LogP contribution is -2.49. The summed E-state index contributed by atoms with van der Waals surface area (Å²) < 4.78 is 40.7. The van der Waals surface area contributed by atoms with Crippen molar-refractivity contribution >= 4 is 10.0 Å². The zero-order valence-corrected chi connectivity index (χ0v) is 13.4. The third-order valence-corrected chi connectivity index (χ3v) is 5.96. The average Bonchev–Trinajstić information content (AvgIpc) is 2.45. The molecule has 1 aromatic rings. The van der Waals surface area contributed by atoms with E-state index in [1.54, 1.807) is 11.2 Å². The van der Waals surface area contributed by atoms with Crippen molar-refractivity contribution in [2.45, 2.75) is 44.0 Å². The molecular weight excluding hydrogens is 291 g/mol. The van der Waals surface area contributed by atoms with Crippen molar-refractivity contribution in [3.05, 3.63) is 29.6 Å². The highest BCUT2D eigenvalue weighted by molar-refractivity contribution is 7.89. The monoisotopic (exact) mass is 314 g/mol. The van der Waals surface area contributed by atoms with Gasteiger partial charge in [0.15, 0.2) is 0 Å². The van der Waals surface area contributed by atoms with Gasteiger partial charge in [0.25, 0.3) is 0 Å². The Hall–Kier alpha value is -0.980. The molecule has 1 aromatic carbocycles. The van der Waals surface area contributed by atoms with Crippen LogP contribution < -0.4 is 5.32 Å². The molecule has 0 spiro atoms. The third kappa shape index (κ3) is 3.62. The van der Waals surface area contributed by atoms with Crippen LogP contribution in [0, 0.1) is 12.7 Å². The smallest absolute Gasteiger partial charge is 0.243 e. The number of sulfonamides is 1. The number of hydrogen-bond donors (Lipinski definition) is 1. The Labute approximate surface area is 126 Å². The largest absolute Gasteiger partial charge is 0.315 e. The molecule has 21 heavy (non-hydrogen) atoms. The Morgan fingerprint density at radius 3 is 2.76 bits per heavy atom. The molecule has 1 aliphatic rings. The van der Waals surface area contributed by atoms with Gasteiger partial charge < -0.3 is 5.32 Å². The van der Waals surface area contributed by atoms with Crippen molar-refractivity contribution in [3.8, 4) is 0 Å². The van der Waals surface area contributed by atoms with Gasteiger partial charge in [-0.15, -0.1) is 0 Å². The SMILES string of the molecule is CCCN(C1CCCNC1)S(=O)(=O)c1ccc(F)cc1C. The van der Waals surface area contributed by atoms with Crippen LogP contribution in [0.3, 0.4) is 0 Å². The fraction of sp³-hybridized carbons (Fsp3) is 0.600. The molecular formula is C15H23FN2O2S. The molecule has 1 atom stereocenters. The summed E-state index contributed by atoms with van der Waals surface area (Å²) in [5.41, 5.74) is 0.458. The van der Waals surface area contributed by atoms with Crippen LogP contribution in [0.1, 0.15) is 31.7 Å². The van der Waals surface area contributed by atoms with Crippen molar-refractivity contribution in [1.82, 2.24) is 9.62 Å². The topological polar surface area (TPSA) is 49.4 Å². The van der Waals surface area contributed by atoms with Crippen LogP contribution in [0.5, 0.6) is 0 Å². The maximum absolute atomic E-state index is 13.2. The number of nitrogens with zero attached hydrogens (tertiary/aromatic N) is 1. The van der Waals surface area contributed by atoms with Crippen LogP contribution in [-0.2, 0) is 10.0 Å². The zero-order valence-electron chi connectivity index (χ0n) is 12.6. The standard InChI is InChI=1S/C15H23FN2O2S/c1-3-9-18(14-5-4-8-17-11-14)21(19,20)15-7-6-13(16)10-12(15)2/h6-7,10,14,17H,3-5,8-9,11H2,1-2H3. The first-order valence-corrected chi connectivity index (χ1v) is 8.89. The van der Waals surface area contributed by atoms with Gasteiger partial charge in [0.2, 0.25) is 10.0 Å². The van der Waals surface area contributed by atoms with Gasteiger partial charge in [0, 0.05) is 19.1 Å². The molecule has 0 aliphatic carbocycles. The summed E-state index contributed by atoms with van der Waals surface area (Å²) in [7, 11) is -3.58. The maximum atomic E-state index is 13.2. The molecule has 0 bridgehead atoms. The van der Waals surface area contributed by atoms with Crippen molar-refractivity contribution in [2.24, 2.45) is 0 Å². The van der Waals surface area contributed by atoms with Gasteiger partial charge in [0.05, 0.1) is 4.90 Å². The highest BCUT2D eigenvalue weighted by Crippen LogP contribution is 2.25. The Morgan fingerprint density at radius 1 is 1.43 bits per heavy atom. The predicted octanol–water partition coefficient (Wildman–Crippen LogP) is 2.29. The fourth-order valence-corrected chi connectivity index (χ4v) is 4.78. The second-order valence-corrected chi connectivity index (χ2v) is 7.38. The number of halogens is 1. The highest BCUT2D eigenvalue weighted by Gasteiger charge is 2.32. The van der Waals surface area contributed by atoms with Gasteiger partial charge in [-0.05, 0) is 56.5 Å². The second-order valence-electron chi connectivity index (χ2n) is 5.53. The molecule has 0 radical (unpaired) electrons. The molecule has 4 nitrogen and oxygen atoms in total. The number of piperidine rings is 1. The van der Waals surface area contributed by atoms with E-state index in [1.165, 1.54) is 18.2 Å². The Morgan fingerprint density at radius 2 is 2.19 bits per heavy atom. The first-order chi connectivity index (χ1) is 9.96. The minimum absolute atomic E-state index is 0.0202. The summed E-state index contributed by atoms with van der Waals surface area (Å²) in [5.74, 6) is -0.409. The summed E-state index contributed by atoms with van der Waals surface area (Å²) in [5, 5.41) is 3.25. The summed E-state index contributed by atoms with van der Waals surface area (Å²) in [6, 6.07) is 3.84. The van der Waals surface area contributed by atoms with Gasteiger partial charge in [-0.1, -0.05) is 6.92 Å². The van der Waals surface area contributed by atoms with Gasteiger partial charge in [0.1, 0.15) is 5.82 Å². The Bertz CT molecular complexity index is 583. The average molecular weight is 314 g/mol. The zero-order chi connectivity index (χ0) is 15.5. The number of nitrogens with one attached hydrogen (secondary N) is 1. The van der Waals surface area contributed by atoms with Crippen molar-refractivity contribution in [3.63, 3.8) is 0 Å². The molecule has 1 fully saturated rings. The molecule has 1 saturated heterocycles. The van der Waals surface area contributed by atoms with Crippen LogP contribution in [-0.4, -0.2) is 38.4 Å². The summed E-state index contributed by atoms with van der Waals surface area (Å²) in [6.07, 6.45) is 2.60. The van der Waals surface area contributed by atoms with E-state index in [4.69, 9.17) is 0 Å². The molecule has 1 heterocycles. The van der Waals surface area contributed by atoms with E-state index in [0.717, 1.165) is 25.8 Å². The molecule has 1 aliphatic heterocycles. The van der Waals surface area contributed by atoms with Crippen LogP contribution in [0.25, 0.3) is 0 Å². The molecule has 1 N–H and O–H groups in total. The van der Waals surface area contributed by atoms with Gasteiger partial charge in [-0.3, -0.25) is 0 Å². The van der Waals surface area contributed by atoms with Crippen LogP contribution >= 0.6 is 0 Å². The molecule has 0 aromatic heterocycles. The number of benzene rings is 1. The lowest BCUT2D eigenvalue weighted by molar-refractivity contribution is 0.266. The molecule has 0 saturated carbocycles. The molecule has 2 rings (SSSR count). The fourth-order valence-electron chi connectivity index (χ4n) is 2.83. The minimum atomic E-state index is -3.58. The lowest BCUT2D eigenvalue weighted by atomic mass is 10.1. The van der Waals surface area contributed by atoms with E-state index in [2.05, 4.69) is 5.32 Å². The molecule has 1 unspecified atom stereocenters. The lowest BCUT2D eigenvalue weighted by Gasteiger charge is -2.34. The van der Waals surface area contributed by atoms with Crippen molar-refractivity contribution < 1.29 is 12.8 Å². The Kier molecular flexibility index (Phi) is 5.35. The van der Waals surface area contributed by atoms with E-state index in [9.17, 15) is 12.8 Å². The Balaban J connectivity index is 2.36. The minimum Gasteiger partial charge on any atom is -0.315 e. The second kappa shape index (κ2) is 6.85. The highest BCUT2D eigenvalue weighted by atomic mass is 32.2. The first kappa shape index (κ1) is 16.4. The maximum Gasteiger partial charge on any atom is 0.243 e. The number of aryl methyl sites for hydroxylation is 1. The van der Waals surface area contributed by atoms with Crippen molar-refractivity contribution in [2.75, 3.05) is 19.6 Å². The van der Waals surface area contributed by atoms with E-state index in [0.29, 0.717) is 18.7 Å².